The van der Waals surface area contributed by atoms with Gasteiger partial charge in [-0.1, -0.05) is 0 Å². The zero-order chi connectivity index (χ0) is 14.3. The van der Waals surface area contributed by atoms with Crippen molar-refractivity contribution in [3.8, 4) is 0 Å². The minimum Gasteiger partial charge on any atom is -0.388 e. The van der Waals surface area contributed by atoms with Crippen LogP contribution in [0.25, 0.3) is 0 Å². The van der Waals surface area contributed by atoms with Gasteiger partial charge in [0, 0.05) is 12.1 Å². The molecule has 3 aliphatic heterocycles. The maximum atomic E-state index is 10.1. The summed E-state index contributed by atoms with van der Waals surface area (Å²) >= 11 is 0. The molecule has 3 saturated heterocycles. The van der Waals surface area contributed by atoms with Gasteiger partial charge in [-0.3, -0.25) is 4.90 Å². The fourth-order valence-corrected chi connectivity index (χ4v) is 4.18. The van der Waals surface area contributed by atoms with Gasteiger partial charge in [-0.05, 0) is 59.3 Å². The van der Waals surface area contributed by atoms with E-state index < -0.39 is 12.2 Å². The second-order valence-corrected chi connectivity index (χ2v) is 6.94. The summed E-state index contributed by atoms with van der Waals surface area (Å²) in [5.41, 5.74) is 0.312. The van der Waals surface area contributed by atoms with Crippen LogP contribution < -0.4 is 0 Å². The molecule has 0 bridgehead atoms. The molecule has 3 aliphatic rings. The van der Waals surface area contributed by atoms with Crippen LogP contribution in [0.5, 0.6) is 0 Å². The average molecular weight is 284 g/mol. The molecule has 2 N–H and O–H groups in total. The van der Waals surface area contributed by atoms with Crippen molar-refractivity contribution in [3.63, 3.8) is 0 Å². The number of hydrogen-bond acceptors (Lipinski definition) is 5. The van der Waals surface area contributed by atoms with Gasteiger partial charge in [-0.2, -0.15) is 0 Å². The monoisotopic (exact) mass is 284 g/mol. The Morgan fingerprint density at radius 2 is 1.80 bits per heavy atom. The van der Waals surface area contributed by atoms with Gasteiger partial charge in [0.2, 0.25) is 0 Å². The molecule has 3 fully saturated rings. The van der Waals surface area contributed by atoms with E-state index in [0.717, 1.165) is 26.2 Å². The smallest absolute Gasteiger partial charge is 0.110 e. The third kappa shape index (κ3) is 2.50. The lowest BCUT2D eigenvalue weighted by atomic mass is 9.85. The Bertz CT molecular complexity index is 344. The fraction of sp³-hybridized carbons (Fsp3) is 1.00. The zero-order valence-corrected chi connectivity index (χ0v) is 12.7. The molecule has 3 rings (SSSR count). The number of aliphatic hydroxyl groups is 2. The largest absolute Gasteiger partial charge is 0.388 e. The number of aliphatic hydroxyl groups excluding tert-OH is 2. The molecule has 0 amide bonds. The number of likely N-dealkylation sites (tertiary alicyclic amines) is 2. The highest BCUT2D eigenvalue weighted by molar-refractivity contribution is 5.01. The molecule has 3 heterocycles. The normalized spacial score (nSPS) is 42.6. The van der Waals surface area contributed by atoms with Crippen LogP contribution in [-0.2, 0) is 4.74 Å². The van der Waals surface area contributed by atoms with E-state index in [0.29, 0.717) is 5.54 Å². The Balaban J connectivity index is 1.65. The minimum absolute atomic E-state index is 0.241. The molecule has 4 atom stereocenters. The first-order valence-electron chi connectivity index (χ1n) is 7.97. The summed E-state index contributed by atoms with van der Waals surface area (Å²) in [5.74, 6) is 0. The van der Waals surface area contributed by atoms with E-state index in [-0.39, 0.29) is 12.2 Å². The highest BCUT2D eigenvalue weighted by Gasteiger charge is 2.47. The predicted octanol–water partition coefficient (Wildman–Crippen LogP) is 0.0557. The number of ether oxygens (including phenoxy) is 1. The average Bonchev–Trinajstić information content (AvgIpc) is 2.92. The topological polar surface area (TPSA) is 56.2 Å². The molecule has 0 aromatic heterocycles. The van der Waals surface area contributed by atoms with Crippen molar-refractivity contribution in [1.29, 1.82) is 0 Å². The Morgan fingerprint density at radius 3 is 2.40 bits per heavy atom. The van der Waals surface area contributed by atoms with E-state index in [9.17, 15) is 10.2 Å². The number of hydrogen-bond donors (Lipinski definition) is 2. The van der Waals surface area contributed by atoms with Crippen molar-refractivity contribution in [2.45, 2.75) is 62.6 Å². The Hall–Kier alpha value is -0.200. The van der Waals surface area contributed by atoms with E-state index in [2.05, 4.69) is 16.8 Å². The van der Waals surface area contributed by atoms with Gasteiger partial charge < -0.3 is 19.8 Å². The summed E-state index contributed by atoms with van der Waals surface area (Å²) in [6.07, 6.45) is 2.95. The summed E-state index contributed by atoms with van der Waals surface area (Å²) < 4.78 is 5.75. The van der Waals surface area contributed by atoms with Crippen LogP contribution in [0.3, 0.4) is 0 Å². The third-order valence-corrected chi connectivity index (χ3v) is 5.66. The van der Waals surface area contributed by atoms with Gasteiger partial charge in [0.15, 0.2) is 0 Å². The first-order valence-corrected chi connectivity index (χ1v) is 7.97. The predicted molar refractivity (Wildman–Crippen MR) is 76.6 cm³/mol. The molecule has 0 aromatic rings. The molecule has 0 unspecified atom stereocenters. The highest BCUT2D eigenvalue weighted by atomic mass is 16.5. The van der Waals surface area contributed by atoms with Crippen molar-refractivity contribution in [2.24, 2.45) is 0 Å². The lowest BCUT2D eigenvalue weighted by Gasteiger charge is -2.45. The second kappa shape index (κ2) is 5.54. The summed E-state index contributed by atoms with van der Waals surface area (Å²) in [4.78, 5) is 4.92. The van der Waals surface area contributed by atoms with E-state index in [4.69, 9.17) is 4.74 Å². The maximum absolute atomic E-state index is 10.1. The molecular formula is C15H28N2O3. The van der Waals surface area contributed by atoms with Gasteiger partial charge in [0.25, 0.3) is 0 Å². The standard InChI is InChI=1S/C15H28N2O3/c1-11-13(18)14(19)12(20-11)10-17-7-3-4-15(17)5-8-16(2)9-6-15/h11-14,18-19H,3-10H2,1-2H3/t11-,12+,13-,14+/m0/s1. The molecule has 1 spiro atoms. The van der Waals surface area contributed by atoms with E-state index in [1.54, 1.807) is 0 Å². The third-order valence-electron chi connectivity index (χ3n) is 5.66. The number of nitrogens with zero attached hydrogens (tertiary/aromatic N) is 2. The molecule has 0 saturated carbocycles. The van der Waals surface area contributed by atoms with E-state index >= 15 is 0 Å². The quantitative estimate of drug-likeness (QED) is 0.751. The molecule has 5 nitrogen and oxygen atoms in total. The summed E-state index contributed by atoms with van der Waals surface area (Å²) in [7, 11) is 2.19. The van der Waals surface area contributed by atoms with Crippen molar-refractivity contribution < 1.29 is 14.9 Å². The van der Waals surface area contributed by atoms with Crippen molar-refractivity contribution in [2.75, 3.05) is 33.2 Å². The SMILES string of the molecule is C[C@@H]1O[C@H](CN2CCCC23CCN(C)CC3)[C@@H](O)[C@H]1O. The minimum atomic E-state index is -0.742. The summed E-state index contributed by atoms with van der Waals surface area (Å²) in [6.45, 7) is 6.00. The molecule has 20 heavy (non-hydrogen) atoms. The van der Waals surface area contributed by atoms with Gasteiger partial charge >= 0.3 is 0 Å². The van der Waals surface area contributed by atoms with Gasteiger partial charge in [0.1, 0.15) is 12.2 Å². The van der Waals surface area contributed by atoms with Crippen molar-refractivity contribution in [3.05, 3.63) is 0 Å². The Morgan fingerprint density at radius 1 is 1.10 bits per heavy atom. The van der Waals surface area contributed by atoms with Crippen LogP contribution in [0.15, 0.2) is 0 Å². The summed E-state index contributed by atoms with van der Waals surface area (Å²) in [6, 6.07) is 0. The van der Waals surface area contributed by atoms with E-state index in [1.165, 1.54) is 25.7 Å². The van der Waals surface area contributed by atoms with Crippen LogP contribution in [0.2, 0.25) is 0 Å². The van der Waals surface area contributed by atoms with Crippen molar-refractivity contribution in [1.82, 2.24) is 9.80 Å². The first-order chi connectivity index (χ1) is 9.52. The molecule has 5 heteroatoms. The van der Waals surface area contributed by atoms with Crippen LogP contribution >= 0.6 is 0 Å². The summed E-state index contributed by atoms with van der Waals surface area (Å²) in [5, 5.41) is 20.0. The van der Waals surface area contributed by atoms with Gasteiger partial charge in [0.05, 0.1) is 12.2 Å². The zero-order valence-electron chi connectivity index (χ0n) is 12.7. The van der Waals surface area contributed by atoms with Crippen LogP contribution in [-0.4, -0.2) is 83.2 Å². The molecule has 0 aromatic carbocycles. The van der Waals surface area contributed by atoms with Crippen molar-refractivity contribution >= 4 is 0 Å². The number of rotatable bonds is 2. The van der Waals surface area contributed by atoms with Crippen LogP contribution in [0.1, 0.15) is 32.6 Å². The molecule has 0 radical (unpaired) electrons. The lowest BCUT2D eigenvalue weighted by molar-refractivity contribution is -0.0321. The van der Waals surface area contributed by atoms with Crippen LogP contribution in [0.4, 0.5) is 0 Å². The maximum Gasteiger partial charge on any atom is 0.110 e. The fourth-order valence-electron chi connectivity index (χ4n) is 4.18. The first kappa shape index (κ1) is 14.7. The Kier molecular flexibility index (Phi) is 4.08. The number of piperidine rings is 1. The lowest BCUT2D eigenvalue weighted by Crippen LogP contribution is -2.54. The highest BCUT2D eigenvalue weighted by Crippen LogP contribution is 2.39. The van der Waals surface area contributed by atoms with Gasteiger partial charge in [-0.15, -0.1) is 0 Å². The Labute approximate surface area is 121 Å². The molecule has 116 valence electrons. The second-order valence-electron chi connectivity index (χ2n) is 6.94. The van der Waals surface area contributed by atoms with E-state index in [1.807, 2.05) is 6.92 Å². The van der Waals surface area contributed by atoms with Gasteiger partial charge in [-0.25, -0.2) is 0 Å². The molecular weight excluding hydrogens is 256 g/mol. The molecule has 0 aliphatic carbocycles. The van der Waals surface area contributed by atoms with Crippen LogP contribution in [0, 0.1) is 0 Å².